The van der Waals surface area contributed by atoms with Crippen molar-refractivity contribution >= 4 is 39.3 Å². The number of hydrogen-bond donors (Lipinski definition) is 2. The standard InChI is InChI=1S/C23H22N2O4/c1-29-23(28)20(25-22(27)19-10-11-21(26)24-19)13-18-16-8-4-2-6-14(16)12-15-7-3-5-9-17(15)18/h2-9,12,19-20H,10-11,13H2,1H3,(H,24,26)(H,25,27)/t19-,20+/m1/s1. The lowest BCUT2D eigenvalue weighted by molar-refractivity contribution is -0.145. The highest BCUT2D eigenvalue weighted by Crippen LogP contribution is 2.29. The molecule has 1 fully saturated rings. The fourth-order valence-corrected chi connectivity index (χ4v) is 3.95. The Morgan fingerprint density at radius 2 is 1.72 bits per heavy atom. The molecule has 0 aliphatic carbocycles. The zero-order valence-electron chi connectivity index (χ0n) is 16.1. The summed E-state index contributed by atoms with van der Waals surface area (Å²) in [6.07, 6.45) is 1.03. The molecule has 4 rings (SSSR count). The minimum Gasteiger partial charge on any atom is -0.467 e. The molecule has 1 aliphatic heterocycles. The van der Waals surface area contributed by atoms with Crippen molar-refractivity contribution in [3.8, 4) is 0 Å². The number of ether oxygens (including phenoxy) is 1. The summed E-state index contributed by atoms with van der Waals surface area (Å²) in [5.41, 5.74) is 0.977. The van der Waals surface area contributed by atoms with E-state index in [2.05, 4.69) is 16.7 Å². The van der Waals surface area contributed by atoms with E-state index in [1.165, 1.54) is 7.11 Å². The number of nitrogens with one attached hydrogen (secondary N) is 2. The molecule has 29 heavy (non-hydrogen) atoms. The minimum atomic E-state index is -0.848. The highest BCUT2D eigenvalue weighted by molar-refractivity contribution is 6.03. The fraction of sp³-hybridized carbons (Fsp3) is 0.261. The maximum atomic E-state index is 12.6. The molecule has 6 heteroatoms. The average molecular weight is 390 g/mol. The first-order valence-electron chi connectivity index (χ1n) is 9.64. The van der Waals surface area contributed by atoms with Gasteiger partial charge in [0.15, 0.2) is 0 Å². The number of amides is 2. The van der Waals surface area contributed by atoms with Crippen molar-refractivity contribution in [1.82, 2.24) is 10.6 Å². The maximum Gasteiger partial charge on any atom is 0.328 e. The highest BCUT2D eigenvalue weighted by Gasteiger charge is 2.31. The molecule has 0 aromatic heterocycles. The topological polar surface area (TPSA) is 84.5 Å². The van der Waals surface area contributed by atoms with Gasteiger partial charge in [-0.25, -0.2) is 4.79 Å². The van der Waals surface area contributed by atoms with Crippen LogP contribution in [0.4, 0.5) is 0 Å². The van der Waals surface area contributed by atoms with Crippen molar-refractivity contribution in [2.45, 2.75) is 31.3 Å². The Morgan fingerprint density at radius 1 is 1.10 bits per heavy atom. The van der Waals surface area contributed by atoms with Gasteiger partial charge in [-0.1, -0.05) is 48.5 Å². The van der Waals surface area contributed by atoms with E-state index in [1.54, 1.807) is 0 Å². The van der Waals surface area contributed by atoms with Crippen LogP contribution in [0, 0.1) is 0 Å². The zero-order chi connectivity index (χ0) is 20.4. The van der Waals surface area contributed by atoms with Crippen molar-refractivity contribution in [2.24, 2.45) is 0 Å². The van der Waals surface area contributed by atoms with Crippen LogP contribution < -0.4 is 10.6 Å². The fourth-order valence-electron chi connectivity index (χ4n) is 3.95. The van der Waals surface area contributed by atoms with E-state index >= 15 is 0 Å². The molecule has 2 amide bonds. The number of hydrogen-bond acceptors (Lipinski definition) is 4. The van der Waals surface area contributed by atoms with Gasteiger partial charge in [-0.3, -0.25) is 9.59 Å². The van der Waals surface area contributed by atoms with Crippen LogP contribution in [0.1, 0.15) is 18.4 Å². The highest BCUT2D eigenvalue weighted by atomic mass is 16.5. The smallest absolute Gasteiger partial charge is 0.328 e. The molecule has 0 bridgehead atoms. The molecule has 2 atom stereocenters. The predicted molar refractivity (Wildman–Crippen MR) is 110 cm³/mol. The maximum absolute atomic E-state index is 12.6. The Balaban J connectivity index is 1.71. The zero-order valence-corrected chi connectivity index (χ0v) is 16.1. The minimum absolute atomic E-state index is 0.153. The second-order valence-electron chi connectivity index (χ2n) is 7.24. The second kappa shape index (κ2) is 7.91. The Bertz CT molecular complexity index is 1050. The molecule has 1 heterocycles. The molecule has 0 spiro atoms. The molecule has 0 radical (unpaired) electrons. The summed E-state index contributed by atoms with van der Waals surface area (Å²) in [4.78, 5) is 36.5. The van der Waals surface area contributed by atoms with Gasteiger partial charge in [0, 0.05) is 12.8 Å². The number of fused-ring (bicyclic) bond motifs is 2. The van der Waals surface area contributed by atoms with Gasteiger partial charge < -0.3 is 15.4 Å². The SMILES string of the molecule is COC(=O)[C@H](Cc1c2ccccc2cc2ccccc12)NC(=O)[C@H]1CCC(=O)N1. The van der Waals surface area contributed by atoms with Crippen LogP contribution in [-0.2, 0) is 25.5 Å². The molecular formula is C23H22N2O4. The number of rotatable bonds is 5. The van der Waals surface area contributed by atoms with Gasteiger partial charge in [-0.15, -0.1) is 0 Å². The van der Waals surface area contributed by atoms with Gasteiger partial charge >= 0.3 is 5.97 Å². The molecule has 1 aliphatic rings. The Morgan fingerprint density at radius 3 is 2.28 bits per heavy atom. The van der Waals surface area contributed by atoms with Gasteiger partial charge in [0.1, 0.15) is 12.1 Å². The number of carbonyl (C=O) groups is 3. The number of benzene rings is 3. The average Bonchev–Trinajstić information content (AvgIpc) is 3.18. The molecule has 0 saturated carbocycles. The molecule has 2 N–H and O–H groups in total. The summed E-state index contributed by atoms with van der Waals surface area (Å²) in [7, 11) is 1.31. The van der Waals surface area contributed by atoms with Gasteiger partial charge in [0.05, 0.1) is 7.11 Å². The number of methoxy groups -OCH3 is 1. The monoisotopic (exact) mass is 390 g/mol. The van der Waals surface area contributed by atoms with Crippen LogP contribution >= 0.6 is 0 Å². The summed E-state index contributed by atoms with van der Waals surface area (Å²) >= 11 is 0. The van der Waals surface area contributed by atoms with Crippen molar-refractivity contribution < 1.29 is 19.1 Å². The lowest BCUT2D eigenvalue weighted by atomic mass is 9.92. The van der Waals surface area contributed by atoms with Gasteiger partial charge in [-0.2, -0.15) is 0 Å². The summed E-state index contributed by atoms with van der Waals surface area (Å²) in [6.45, 7) is 0. The molecule has 6 nitrogen and oxygen atoms in total. The van der Waals surface area contributed by atoms with Crippen molar-refractivity contribution in [3.63, 3.8) is 0 Å². The summed E-state index contributed by atoms with van der Waals surface area (Å²) in [6, 6.07) is 16.6. The van der Waals surface area contributed by atoms with E-state index in [9.17, 15) is 14.4 Å². The van der Waals surface area contributed by atoms with E-state index in [4.69, 9.17) is 4.74 Å². The van der Waals surface area contributed by atoms with Gasteiger partial charge in [-0.05, 0) is 39.6 Å². The predicted octanol–water partition coefficient (Wildman–Crippen LogP) is 2.47. The third-order valence-electron chi connectivity index (χ3n) is 5.41. The number of carbonyl (C=O) groups excluding carboxylic acids is 3. The van der Waals surface area contributed by atoms with Crippen LogP contribution in [0.15, 0.2) is 54.6 Å². The summed E-state index contributed by atoms with van der Waals surface area (Å²) < 4.78 is 4.95. The van der Waals surface area contributed by atoms with E-state index in [0.717, 1.165) is 27.1 Å². The van der Waals surface area contributed by atoms with Crippen molar-refractivity contribution in [1.29, 1.82) is 0 Å². The third kappa shape index (κ3) is 3.78. The Labute approximate surface area is 168 Å². The Kier molecular flexibility index (Phi) is 5.16. The lowest BCUT2D eigenvalue weighted by Crippen LogP contribution is -2.50. The van der Waals surface area contributed by atoms with Crippen LogP contribution in [0.5, 0.6) is 0 Å². The quantitative estimate of drug-likeness (QED) is 0.518. The normalized spacial score (nSPS) is 17.1. The first-order chi connectivity index (χ1) is 14.1. The molecule has 148 valence electrons. The van der Waals surface area contributed by atoms with E-state index < -0.39 is 18.1 Å². The number of esters is 1. The van der Waals surface area contributed by atoms with E-state index in [-0.39, 0.29) is 11.8 Å². The summed E-state index contributed by atoms with van der Waals surface area (Å²) in [5.74, 6) is -1.03. The van der Waals surface area contributed by atoms with Gasteiger partial charge in [0.25, 0.3) is 0 Å². The molecule has 3 aromatic carbocycles. The summed E-state index contributed by atoms with van der Waals surface area (Å²) in [5, 5.41) is 9.62. The first kappa shape index (κ1) is 18.9. The van der Waals surface area contributed by atoms with Gasteiger partial charge in [0.2, 0.25) is 11.8 Å². The van der Waals surface area contributed by atoms with Crippen molar-refractivity contribution in [3.05, 3.63) is 60.2 Å². The first-order valence-corrected chi connectivity index (χ1v) is 9.64. The van der Waals surface area contributed by atoms with Crippen molar-refractivity contribution in [2.75, 3.05) is 7.11 Å². The largest absolute Gasteiger partial charge is 0.467 e. The van der Waals surface area contributed by atoms with Crippen LogP contribution in [-0.4, -0.2) is 37.0 Å². The van der Waals surface area contributed by atoms with Crippen LogP contribution in [0.25, 0.3) is 21.5 Å². The van der Waals surface area contributed by atoms with E-state index in [0.29, 0.717) is 19.3 Å². The van der Waals surface area contributed by atoms with Crippen LogP contribution in [0.3, 0.4) is 0 Å². The Hall–Kier alpha value is -3.41. The molecule has 1 saturated heterocycles. The molecule has 3 aromatic rings. The van der Waals surface area contributed by atoms with E-state index in [1.807, 2.05) is 48.5 Å². The molecular weight excluding hydrogens is 368 g/mol. The lowest BCUT2D eigenvalue weighted by Gasteiger charge is -2.21. The third-order valence-corrected chi connectivity index (χ3v) is 5.41. The van der Waals surface area contributed by atoms with Crippen LogP contribution in [0.2, 0.25) is 0 Å². The second-order valence-corrected chi connectivity index (χ2v) is 7.24. The molecule has 0 unspecified atom stereocenters.